The predicted molar refractivity (Wildman–Crippen MR) is 277 cm³/mol. The van der Waals surface area contributed by atoms with Crippen LogP contribution in [0.25, 0.3) is 141 Å². The van der Waals surface area contributed by atoms with E-state index >= 15 is 0 Å². The Balaban J connectivity index is 1.04. The summed E-state index contributed by atoms with van der Waals surface area (Å²) in [7, 11) is 0. The van der Waals surface area contributed by atoms with Gasteiger partial charge in [0, 0.05) is 59.0 Å². The molecule has 5 nitrogen and oxygen atoms in total. The first kappa shape index (κ1) is 35.8. The van der Waals surface area contributed by atoms with E-state index in [9.17, 15) is 0 Å². The van der Waals surface area contributed by atoms with Crippen molar-refractivity contribution >= 4 is 119 Å². The highest BCUT2D eigenvalue weighted by molar-refractivity contribution is 7.26. The number of hydrogen-bond donors (Lipinski definition) is 0. The van der Waals surface area contributed by atoms with E-state index in [1.165, 1.54) is 37.3 Å². The van der Waals surface area contributed by atoms with Crippen LogP contribution in [0.5, 0.6) is 0 Å². The second-order valence-corrected chi connectivity index (χ2v) is 18.3. The van der Waals surface area contributed by atoms with Crippen molar-refractivity contribution < 1.29 is 4.42 Å². The average molecular weight is 859 g/mol. The van der Waals surface area contributed by atoms with E-state index in [1.807, 2.05) is 0 Å². The van der Waals surface area contributed by atoms with E-state index in [4.69, 9.17) is 14.4 Å². The van der Waals surface area contributed by atoms with Crippen LogP contribution in [0.4, 0.5) is 0 Å². The van der Waals surface area contributed by atoms with Gasteiger partial charge in [-0.3, -0.25) is 4.57 Å². The molecule has 66 heavy (non-hydrogen) atoms. The van der Waals surface area contributed by atoms with Gasteiger partial charge < -0.3 is 8.98 Å². The van der Waals surface area contributed by atoms with Crippen molar-refractivity contribution in [3.05, 3.63) is 206 Å². The zero-order valence-electron chi connectivity index (χ0n) is 35.2. The third kappa shape index (κ3) is 4.99. The zero-order chi connectivity index (χ0) is 43.0. The summed E-state index contributed by atoms with van der Waals surface area (Å²) in [6, 6.07) is 74.2. The number of para-hydroxylation sites is 1. The smallest absolute Gasteiger partial charge is 0.236 e. The standard InChI is InChI=1S/C60H34N4OS/c1-3-15-37(16-4-1)54-59-55(46-21-11-12-22-52(46)66-59)62-60(61-54)64-49-30-25-38(33-47(49)43-28-29-45-44-27-23-36-14-8-10-20-42(36)57(44)65-58(45)56(43)64)39-26-31-50-48(34-39)53-41-19-9-7-13-35(41)24-32-51(53)63(50)40-17-5-2-6-18-40/h1-34H. The summed E-state index contributed by atoms with van der Waals surface area (Å²) in [6.45, 7) is 0. The molecule has 15 aromatic rings. The summed E-state index contributed by atoms with van der Waals surface area (Å²) in [6.07, 6.45) is 0. The second-order valence-electron chi connectivity index (χ2n) is 17.3. The number of rotatable bonds is 4. The number of fused-ring (bicyclic) bond motifs is 17. The maximum atomic E-state index is 7.13. The fourth-order valence-corrected chi connectivity index (χ4v) is 11.9. The fourth-order valence-electron chi connectivity index (χ4n) is 10.7. The number of furan rings is 1. The van der Waals surface area contributed by atoms with Gasteiger partial charge in [-0.15, -0.1) is 11.3 Å². The summed E-state index contributed by atoms with van der Waals surface area (Å²) in [5, 5.41) is 12.7. The Labute approximate surface area is 380 Å². The molecule has 0 unspecified atom stereocenters. The van der Waals surface area contributed by atoms with Crippen LogP contribution >= 0.6 is 11.3 Å². The van der Waals surface area contributed by atoms with E-state index in [2.05, 4.69) is 215 Å². The molecule has 15 rings (SSSR count). The second kappa shape index (κ2) is 13.5. The number of benzene rings is 10. The molecule has 0 aliphatic carbocycles. The van der Waals surface area contributed by atoms with Gasteiger partial charge in [-0.05, 0) is 87.9 Å². The van der Waals surface area contributed by atoms with Gasteiger partial charge >= 0.3 is 0 Å². The lowest BCUT2D eigenvalue weighted by molar-refractivity contribution is 0.674. The van der Waals surface area contributed by atoms with Crippen molar-refractivity contribution in [2.75, 3.05) is 0 Å². The van der Waals surface area contributed by atoms with Crippen LogP contribution in [0.2, 0.25) is 0 Å². The van der Waals surface area contributed by atoms with Crippen molar-refractivity contribution in [1.82, 2.24) is 19.1 Å². The molecule has 306 valence electrons. The van der Waals surface area contributed by atoms with Crippen molar-refractivity contribution in [1.29, 1.82) is 0 Å². The van der Waals surface area contributed by atoms with Crippen molar-refractivity contribution in [2.24, 2.45) is 0 Å². The molecule has 5 aromatic heterocycles. The quantitative estimate of drug-likeness (QED) is 0.177. The minimum atomic E-state index is 0.609. The highest BCUT2D eigenvalue weighted by Crippen LogP contribution is 2.45. The Morgan fingerprint density at radius 3 is 1.82 bits per heavy atom. The van der Waals surface area contributed by atoms with Gasteiger partial charge in [-0.2, -0.15) is 0 Å². The summed E-state index contributed by atoms with van der Waals surface area (Å²) in [4.78, 5) is 11.1. The maximum Gasteiger partial charge on any atom is 0.236 e. The SMILES string of the molecule is c1ccc(-c2nc(-n3c4ccc(-c5ccc6c(c5)c5c7ccccc7ccc5n6-c5ccccc5)cc4c4ccc5c6ccc7ccccc7c6oc5c43)nc3c2sc2ccccc23)cc1. The number of aromatic nitrogens is 4. The molecule has 0 radical (unpaired) electrons. The van der Waals surface area contributed by atoms with Crippen LogP contribution in [0.1, 0.15) is 0 Å². The molecule has 0 bridgehead atoms. The summed E-state index contributed by atoms with van der Waals surface area (Å²) >= 11 is 1.75. The monoisotopic (exact) mass is 858 g/mol. The molecule has 0 atom stereocenters. The zero-order valence-corrected chi connectivity index (χ0v) is 36.1. The molecule has 0 fully saturated rings. The van der Waals surface area contributed by atoms with E-state index in [-0.39, 0.29) is 0 Å². The van der Waals surface area contributed by atoms with E-state index in [0.717, 1.165) is 98.2 Å². The lowest BCUT2D eigenvalue weighted by Crippen LogP contribution is -2.03. The van der Waals surface area contributed by atoms with E-state index in [0.29, 0.717) is 5.95 Å². The third-order valence-electron chi connectivity index (χ3n) is 13.7. The van der Waals surface area contributed by atoms with Gasteiger partial charge in [0.25, 0.3) is 0 Å². The van der Waals surface area contributed by atoms with Gasteiger partial charge in [-0.1, -0.05) is 146 Å². The van der Waals surface area contributed by atoms with Gasteiger partial charge in [0.1, 0.15) is 11.1 Å². The third-order valence-corrected chi connectivity index (χ3v) is 14.9. The van der Waals surface area contributed by atoms with Gasteiger partial charge in [0.2, 0.25) is 5.95 Å². The summed E-state index contributed by atoms with van der Waals surface area (Å²) in [5.41, 5.74) is 12.4. The number of thiophene rings is 1. The van der Waals surface area contributed by atoms with Crippen LogP contribution in [-0.2, 0) is 0 Å². The predicted octanol–water partition coefficient (Wildman–Crippen LogP) is 16.6. The summed E-state index contributed by atoms with van der Waals surface area (Å²) in [5.74, 6) is 0.609. The molecule has 0 spiro atoms. The Bertz CT molecular complexity index is 4520. The maximum absolute atomic E-state index is 7.13. The fraction of sp³-hybridized carbons (Fsp3) is 0. The molecule has 5 heterocycles. The van der Waals surface area contributed by atoms with E-state index < -0.39 is 0 Å². The minimum Gasteiger partial charge on any atom is -0.453 e. The number of hydrogen-bond acceptors (Lipinski definition) is 4. The lowest BCUT2D eigenvalue weighted by Gasteiger charge is -2.10. The Hall–Kier alpha value is -8.58. The largest absolute Gasteiger partial charge is 0.453 e. The molecule has 0 saturated carbocycles. The Kier molecular flexibility index (Phi) is 7.31. The molecular weight excluding hydrogens is 825 g/mol. The topological polar surface area (TPSA) is 48.8 Å². The van der Waals surface area contributed by atoms with Crippen molar-refractivity contribution in [2.45, 2.75) is 0 Å². The van der Waals surface area contributed by atoms with Crippen molar-refractivity contribution in [3.8, 4) is 34.0 Å². The van der Waals surface area contributed by atoms with Crippen molar-refractivity contribution in [3.63, 3.8) is 0 Å². The minimum absolute atomic E-state index is 0.609. The lowest BCUT2D eigenvalue weighted by atomic mass is 9.99. The molecule has 10 aromatic carbocycles. The highest BCUT2D eigenvalue weighted by atomic mass is 32.1. The van der Waals surface area contributed by atoms with Crippen LogP contribution in [-0.4, -0.2) is 19.1 Å². The van der Waals surface area contributed by atoms with E-state index in [1.54, 1.807) is 11.3 Å². The molecule has 6 heteroatoms. The van der Waals surface area contributed by atoms with Crippen LogP contribution in [0, 0.1) is 0 Å². The molecule has 0 aliphatic rings. The Morgan fingerprint density at radius 1 is 0.394 bits per heavy atom. The van der Waals surface area contributed by atoms with Gasteiger partial charge in [0.05, 0.1) is 32.5 Å². The first-order chi connectivity index (χ1) is 32.7. The summed E-state index contributed by atoms with van der Waals surface area (Å²) < 4.78 is 14.0. The molecule has 0 aliphatic heterocycles. The van der Waals surface area contributed by atoms with Gasteiger partial charge in [0.15, 0.2) is 5.58 Å². The van der Waals surface area contributed by atoms with Gasteiger partial charge in [-0.25, -0.2) is 9.97 Å². The molecule has 0 N–H and O–H groups in total. The first-order valence-corrected chi connectivity index (χ1v) is 23.1. The van der Waals surface area contributed by atoms with Crippen LogP contribution < -0.4 is 0 Å². The molecule has 0 amide bonds. The Morgan fingerprint density at radius 2 is 1.00 bits per heavy atom. The molecule has 0 saturated heterocycles. The van der Waals surface area contributed by atoms with Crippen LogP contribution in [0.3, 0.4) is 0 Å². The average Bonchev–Trinajstić information content (AvgIpc) is 4.14. The molecular formula is C60H34N4OS. The number of nitrogens with zero attached hydrogens (tertiary/aromatic N) is 4. The normalized spacial score (nSPS) is 12.2. The first-order valence-electron chi connectivity index (χ1n) is 22.3. The van der Waals surface area contributed by atoms with Crippen LogP contribution in [0.15, 0.2) is 211 Å². The highest BCUT2D eigenvalue weighted by Gasteiger charge is 2.25.